The maximum absolute atomic E-state index is 13.7. The van der Waals surface area contributed by atoms with Gasteiger partial charge in [-0.2, -0.15) is 0 Å². The van der Waals surface area contributed by atoms with Crippen LogP contribution >= 0.6 is 0 Å². The van der Waals surface area contributed by atoms with E-state index in [0.29, 0.717) is 13.0 Å². The van der Waals surface area contributed by atoms with Crippen molar-refractivity contribution in [3.05, 3.63) is 72.8 Å². The van der Waals surface area contributed by atoms with Gasteiger partial charge in [-0.15, -0.1) is 0 Å². The number of carbonyl (C=O) groups is 1. The molecule has 0 radical (unpaired) electrons. The molecular weight excluding hydrogens is 559 g/mol. The average molecular weight is 610 g/mol. The van der Waals surface area contributed by atoms with Gasteiger partial charge >= 0.3 is 0 Å². The smallest absolute Gasteiger partial charge is 0.261 e. The molecule has 0 unspecified atom stereocenters. The normalized spacial score (nSPS) is 27.6. The van der Waals surface area contributed by atoms with Crippen molar-refractivity contribution in [1.82, 2.24) is 5.32 Å². The van der Waals surface area contributed by atoms with Gasteiger partial charge in [0, 0.05) is 12.5 Å². The largest absolute Gasteiger partial charge is 0.412 e. The summed E-state index contributed by atoms with van der Waals surface area (Å²) < 4.78 is 13.8. The van der Waals surface area contributed by atoms with Crippen molar-refractivity contribution in [2.75, 3.05) is 13.2 Å². The quantitative estimate of drug-likeness (QED) is 0.253. The van der Waals surface area contributed by atoms with Crippen molar-refractivity contribution in [2.45, 2.75) is 95.3 Å². The minimum absolute atomic E-state index is 0.00323. The molecule has 0 saturated carbocycles. The molecule has 42 heavy (non-hydrogen) atoms. The van der Waals surface area contributed by atoms with E-state index in [4.69, 9.17) is 8.85 Å². The highest BCUT2D eigenvalue weighted by atomic mass is 28.4. The zero-order valence-electron chi connectivity index (χ0n) is 26.5. The van der Waals surface area contributed by atoms with Crippen molar-refractivity contribution in [3.8, 4) is 0 Å². The summed E-state index contributed by atoms with van der Waals surface area (Å²) in [6.07, 6.45) is 7.00. The predicted octanol–water partition coefficient (Wildman–Crippen LogP) is 4.76. The molecule has 2 aliphatic rings. The Morgan fingerprint density at radius 2 is 1.60 bits per heavy atom. The van der Waals surface area contributed by atoms with Crippen LogP contribution < -0.4 is 15.7 Å². The third kappa shape index (κ3) is 6.12. The van der Waals surface area contributed by atoms with Gasteiger partial charge in [0.2, 0.25) is 5.91 Å². The molecule has 230 valence electrons. The van der Waals surface area contributed by atoms with E-state index in [1.165, 1.54) is 10.4 Å². The second-order valence-electron chi connectivity index (χ2n) is 14.3. The molecule has 0 spiro atoms. The number of nitrogens with one attached hydrogen (secondary N) is 1. The van der Waals surface area contributed by atoms with Gasteiger partial charge in [0.1, 0.15) is 11.1 Å². The molecule has 2 aromatic carbocycles. The molecule has 1 aliphatic heterocycles. The number of allylic oxidation sites excluding steroid dienone is 1. The molecule has 1 amide bonds. The minimum Gasteiger partial charge on any atom is -0.412 e. The molecule has 0 aromatic heterocycles. The van der Waals surface area contributed by atoms with Gasteiger partial charge in [-0.3, -0.25) is 4.79 Å². The fourth-order valence-electron chi connectivity index (χ4n) is 7.18. The van der Waals surface area contributed by atoms with Gasteiger partial charge in [0.25, 0.3) is 8.32 Å². The fraction of sp³-hybridized carbons (Fsp3) is 0.559. The molecule has 4 rings (SSSR count). The molecule has 1 fully saturated rings. The van der Waals surface area contributed by atoms with Crippen LogP contribution in [0.15, 0.2) is 72.8 Å². The summed E-state index contributed by atoms with van der Waals surface area (Å²) >= 11 is 0. The van der Waals surface area contributed by atoms with Crippen LogP contribution in [0.3, 0.4) is 0 Å². The Hall–Kier alpha value is -2.08. The SMILES string of the molecule is CC(C)(C)[Si](OCC[C@H]1C(=O)N[C@](CO)([C@@H](O[Si](C)(C)C)[C@@H]2C=CCCC2)[C@@]1(C)O)(c1ccccc1)c1ccccc1. The maximum Gasteiger partial charge on any atom is 0.261 e. The summed E-state index contributed by atoms with van der Waals surface area (Å²) in [4.78, 5) is 13.7. The van der Waals surface area contributed by atoms with Crippen LogP contribution in [0.1, 0.15) is 53.4 Å². The summed E-state index contributed by atoms with van der Waals surface area (Å²) in [6.45, 7) is 14.6. The lowest BCUT2D eigenvalue weighted by atomic mass is 9.68. The van der Waals surface area contributed by atoms with Crippen LogP contribution in [0.5, 0.6) is 0 Å². The van der Waals surface area contributed by atoms with Crippen LogP contribution in [0.2, 0.25) is 24.7 Å². The number of benzene rings is 2. The van der Waals surface area contributed by atoms with Crippen LogP contribution in [0.25, 0.3) is 0 Å². The van der Waals surface area contributed by atoms with Gasteiger partial charge < -0.3 is 24.4 Å². The molecule has 0 bridgehead atoms. The molecule has 3 N–H and O–H groups in total. The summed E-state index contributed by atoms with van der Waals surface area (Å²) in [6, 6.07) is 20.8. The van der Waals surface area contributed by atoms with Crippen LogP contribution in [-0.4, -0.2) is 63.2 Å². The second kappa shape index (κ2) is 12.5. The van der Waals surface area contributed by atoms with Gasteiger partial charge in [0.05, 0.1) is 18.6 Å². The fourth-order valence-corrected chi connectivity index (χ4v) is 12.9. The summed E-state index contributed by atoms with van der Waals surface area (Å²) in [5, 5.41) is 28.5. The third-order valence-electron chi connectivity index (χ3n) is 9.28. The number of hydrogen-bond acceptors (Lipinski definition) is 5. The highest BCUT2D eigenvalue weighted by molar-refractivity contribution is 6.99. The topological polar surface area (TPSA) is 88.0 Å². The first-order valence-electron chi connectivity index (χ1n) is 15.4. The Bertz CT molecular complexity index is 1180. The minimum atomic E-state index is -2.80. The number of rotatable bonds is 11. The van der Waals surface area contributed by atoms with Crippen molar-refractivity contribution in [1.29, 1.82) is 0 Å². The molecule has 8 heteroatoms. The lowest BCUT2D eigenvalue weighted by molar-refractivity contribution is -0.127. The Balaban J connectivity index is 1.67. The number of amides is 1. The van der Waals surface area contributed by atoms with Gasteiger partial charge in [0.15, 0.2) is 8.32 Å². The molecule has 1 aliphatic carbocycles. The molecule has 1 saturated heterocycles. The van der Waals surface area contributed by atoms with Gasteiger partial charge in [-0.05, 0) is 67.7 Å². The van der Waals surface area contributed by atoms with Crippen molar-refractivity contribution in [2.24, 2.45) is 11.8 Å². The van der Waals surface area contributed by atoms with E-state index >= 15 is 0 Å². The van der Waals surface area contributed by atoms with E-state index in [2.05, 4.69) is 106 Å². The lowest BCUT2D eigenvalue weighted by Crippen LogP contribution is -2.70. The average Bonchev–Trinajstić information content (AvgIpc) is 3.14. The first-order valence-corrected chi connectivity index (χ1v) is 20.8. The first kappa shape index (κ1) is 32.8. The predicted molar refractivity (Wildman–Crippen MR) is 175 cm³/mol. The van der Waals surface area contributed by atoms with Crippen LogP contribution in [0, 0.1) is 11.8 Å². The summed E-state index contributed by atoms with van der Waals surface area (Å²) in [5.74, 6) is -1.02. The Morgan fingerprint density at radius 3 is 2.05 bits per heavy atom. The molecule has 1 heterocycles. The Morgan fingerprint density at radius 1 is 1.02 bits per heavy atom. The second-order valence-corrected chi connectivity index (χ2v) is 23.1. The standard InChI is InChI=1S/C34H51NO5Si2/c1-32(2,3)42(27-19-13-9-14-20-27,28-21-15-10-16-22-28)39-24-23-29-31(37)35-34(25-36,33(29,4)38)30(40-41(5,6)7)26-17-11-8-12-18-26/h9-11,13-17,19-22,26,29-30,36,38H,8,12,18,23-25H2,1-7H3,(H,35,37)/t26-,29+,30+,33+,34-/m1/s1. The molecule has 6 nitrogen and oxygen atoms in total. The molecular formula is C34H51NO5Si2. The van der Waals surface area contributed by atoms with Crippen molar-refractivity contribution in [3.63, 3.8) is 0 Å². The number of carbonyl (C=O) groups excluding carboxylic acids is 1. The summed E-state index contributed by atoms with van der Waals surface area (Å²) in [7, 11) is -4.92. The number of aliphatic hydroxyl groups is 2. The lowest BCUT2D eigenvalue weighted by Gasteiger charge is -2.49. The van der Waals surface area contributed by atoms with Gasteiger partial charge in [-0.1, -0.05) is 93.6 Å². The first-order chi connectivity index (χ1) is 19.7. The number of hydrogen-bond donors (Lipinski definition) is 3. The Kier molecular flexibility index (Phi) is 9.77. The highest BCUT2D eigenvalue weighted by Gasteiger charge is 2.65. The van der Waals surface area contributed by atoms with Crippen molar-refractivity contribution < 1.29 is 23.9 Å². The third-order valence-corrected chi connectivity index (χ3v) is 15.3. The van der Waals surface area contributed by atoms with Crippen molar-refractivity contribution >= 4 is 32.9 Å². The van der Waals surface area contributed by atoms with E-state index in [1.807, 2.05) is 12.1 Å². The van der Waals surface area contributed by atoms with Crippen LogP contribution in [0.4, 0.5) is 0 Å². The van der Waals surface area contributed by atoms with Gasteiger partial charge in [-0.25, -0.2) is 0 Å². The van der Waals surface area contributed by atoms with Crippen LogP contribution in [-0.2, 0) is 13.6 Å². The van der Waals surface area contributed by atoms with E-state index in [1.54, 1.807) is 6.92 Å². The molecule has 5 atom stereocenters. The van der Waals surface area contributed by atoms with E-state index in [-0.39, 0.29) is 16.9 Å². The zero-order chi connectivity index (χ0) is 30.8. The Labute approximate surface area is 254 Å². The van der Waals surface area contributed by atoms with E-state index in [9.17, 15) is 15.0 Å². The number of aliphatic hydroxyl groups excluding tert-OH is 1. The molecule has 2 aromatic rings. The monoisotopic (exact) mass is 609 g/mol. The summed E-state index contributed by atoms with van der Waals surface area (Å²) in [5.41, 5.74) is -2.87. The maximum atomic E-state index is 13.7. The zero-order valence-corrected chi connectivity index (χ0v) is 28.5. The van der Waals surface area contributed by atoms with E-state index < -0.39 is 46.4 Å². The van der Waals surface area contributed by atoms with E-state index in [0.717, 1.165) is 19.3 Å². The highest BCUT2D eigenvalue weighted by Crippen LogP contribution is 2.46.